The molecular weight excluding hydrogens is 503 g/mol. The number of hydrogen-bond donors (Lipinski definition) is 1. The average molecular weight is 551 g/mol. The molecule has 0 aromatic heterocycles. The summed E-state index contributed by atoms with van der Waals surface area (Å²) in [6.07, 6.45) is 12.7. The molecular formula is C35H47LiN2O3. The Labute approximate surface area is 258 Å². The van der Waals surface area contributed by atoms with Crippen LogP contribution < -0.4 is 24.2 Å². The van der Waals surface area contributed by atoms with Crippen molar-refractivity contribution in [1.29, 1.82) is 5.26 Å². The van der Waals surface area contributed by atoms with Crippen molar-refractivity contribution in [2.24, 2.45) is 50.2 Å². The van der Waals surface area contributed by atoms with Crippen LogP contribution in [-0.2, 0) is 14.4 Å². The van der Waals surface area contributed by atoms with Gasteiger partial charge in [-0.2, -0.15) is 11.7 Å². The molecule has 6 aliphatic carbocycles. The molecule has 0 bridgehead atoms. The topological polar surface area (TPSA) is 87.0 Å². The van der Waals surface area contributed by atoms with Crippen LogP contribution in [0.15, 0.2) is 23.3 Å². The number of amides is 1. The first kappa shape index (κ1) is 30.8. The van der Waals surface area contributed by atoms with Gasteiger partial charge in [-0.15, -0.1) is 5.41 Å². The van der Waals surface area contributed by atoms with Gasteiger partial charge in [0.2, 0.25) is 5.91 Å². The maximum Gasteiger partial charge on any atom is 1.00 e. The summed E-state index contributed by atoms with van der Waals surface area (Å²) in [5.74, 6) is 1.78. The van der Waals surface area contributed by atoms with Crippen LogP contribution in [0.5, 0.6) is 0 Å². The first-order valence-electron chi connectivity index (χ1n) is 15.6. The van der Waals surface area contributed by atoms with Gasteiger partial charge in [0, 0.05) is 16.7 Å². The van der Waals surface area contributed by atoms with Crippen LogP contribution in [0.25, 0.3) is 0 Å². The zero-order chi connectivity index (χ0) is 29.1. The van der Waals surface area contributed by atoms with Gasteiger partial charge in [-0.05, 0) is 55.1 Å². The van der Waals surface area contributed by atoms with Gasteiger partial charge in [-0.1, -0.05) is 97.1 Å². The molecule has 1 unspecified atom stereocenters. The number of rotatable bonds is 3. The zero-order valence-corrected chi connectivity index (χ0v) is 26.6. The SMILES string of the molecule is CC1(C)CC[C@]2(CNC(=O)C3CC3)CC[C@]3(C)[C@H](C(=O)C=C4[C@@]5(C)C=C(C#N)C(=O)C(C)(C)C5CC[C@]43C)[C-]2C1.[Li+]. The Balaban J connectivity index is 0.00000337. The largest absolute Gasteiger partial charge is 1.00 e. The standard InChI is InChI=1S/C35H47N2O3.Li/c1-30(2)12-14-35(20-37-29(40)21-8-9-21)15-13-34(7)27(23(35)18-30)24(38)16-26-32(5)17-22(19-36)28(39)31(3,4)25(32)10-11-33(26,34)6;/h16-17,21,25,27H,8-15,18,20H2,1-7H3,(H,37,40);/q-1;+1/t25?,27-,32-,33+,34+,35+;/m0./s1. The van der Waals surface area contributed by atoms with Crippen LogP contribution in [0.1, 0.15) is 106 Å². The molecule has 0 aliphatic heterocycles. The molecule has 4 saturated carbocycles. The van der Waals surface area contributed by atoms with E-state index in [4.69, 9.17) is 0 Å². The smallest absolute Gasteiger partial charge is 0.358 e. The van der Waals surface area contributed by atoms with Gasteiger partial charge >= 0.3 is 18.9 Å². The maximum atomic E-state index is 14.6. The Morgan fingerprint density at radius 1 is 1.00 bits per heavy atom. The molecule has 4 fully saturated rings. The van der Waals surface area contributed by atoms with E-state index in [1.54, 1.807) is 0 Å². The van der Waals surface area contributed by atoms with Crippen LogP contribution in [0, 0.1) is 67.5 Å². The Morgan fingerprint density at radius 2 is 1.66 bits per heavy atom. The fourth-order valence-electron chi connectivity index (χ4n) is 10.4. The summed E-state index contributed by atoms with van der Waals surface area (Å²) in [5, 5.41) is 13.3. The fraction of sp³-hybridized carbons (Fsp3) is 0.743. The number of ketones is 2. The molecule has 0 spiro atoms. The van der Waals surface area contributed by atoms with E-state index in [1.807, 2.05) is 26.0 Å². The van der Waals surface area contributed by atoms with Crippen molar-refractivity contribution < 1.29 is 33.2 Å². The molecule has 0 saturated heterocycles. The second-order valence-corrected chi connectivity index (χ2v) is 16.4. The molecule has 5 nitrogen and oxygen atoms in total. The first-order valence-corrected chi connectivity index (χ1v) is 15.6. The molecule has 6 aliphatic rings. The van der Waals surface area contributed by atoms with E-state index in [9.17, 15) is 19.6 Å². The number of nitriles is 1. The predicted octanol–water partition coefficient (Wildman–Crippen LogP) is 3.69. The van der Waals surface area contributed by atoms with Crippen LogP contribution in [0.3, 0.4) is 0 Å². The summed E-state index contributed by atoms with van der Waals surface area (Å²) in [5.41, 5.74) is -0.238. The summed E-state index contributed by atoms with van der Waals surface area (Å²) in [6, 6.07) is 2.20. The number of carbonyl (C=O) groups excluding carboxylic acids is 3. The van der Waals surface area contributed by atoms with Gasteiger partial charge in [0.05, 0.1) is 5.57 Å². The minimum absolute atomic E-state index is 0. The third kappa shape index (κ3) is 4.17. The molecule has 6 heteroatoms. The van der Waals surface area contributed by atoms with Crippen LogP contribution in [0.2, 0.25) is 0 Å². The van der Waals surface area contributed by atoms with E-state index in [-0.39, 0.29) is 81.3 Å². The van der Waals surface area contributed by atoms with Crippen molar-refractivity contribution in [2.45, 2.75) is 106 Å². The molecule has 216 valence electrons. The van der Waals surface area contributed by atoms with E-state index in [1.165, 1.54) is 5.92 Å². The number of nitrogens with one attached hydrogen (secondary N) is 1. The van der Waals surface area contributed by atoms with Gasteiger partial charge in [0.15, 0.2) is 5.78 Å². The summed E-state index contributed by atoms with van der Waals surface area (Å²) in [6.45, 7) is 16.2. The summed E-state index contributed by atoms with van der Waals surface area (Å²) in [7, 11) is 0. The van der Waals surface area contributed by atoms with Crippen LogP contribution >= 0.6 is 0 Å². The number of allylic oxidation sites excluding steroid dienone is 4. The number of nitrogens with zero attached hydrogens (tertiary/aromatic N) is 1. The quantitative estimate of drug-likeness (QED) is 0.429. The molecule has 0 aromatic carbocycles. The minimum Gasteiger partial charge on any atom is -0.358 e. The van der Waals surface area contributed by atoms with Crippen molar-refractivity contribution in [2.75, 3.05) is 6.54 Å². The van der Waals surface area contributed by atoms with Gasteiger partial charge in [-0.3, -0.25) is 20.3 Å². The maximum absolute atomic E-state index is 14.6. The average Bonchev–Trinajstić information content (AvgIpc) is 3.72. The molecule has 6 rings (SSSR count). The molecule has 1 N–H and O–H groups in total. The third-order valence-electron chi connectivity index (χ3n) is 13.2. The molecule has 41 heavy (non-hydrogen) atoms. The van der Waals surface area contributed by atoms with Crippen LogP contribution in [-0.4, -0.2) is 24.0 Å². The third-order valence-corrected chi connectivity index (χ3v) is 13.2. The summed E-state index contributed by atoms with van der Waals surface area (Å²) in [4.78, 5) is 40.6. The molecule has 6 atom stereocenters. The van der Waals surface area contributed by atoms with Crippen molar-refractivity contribution in [3.8, 4) is 6.07 Å². The van der Waals surface area contributed by atoms with Gasteiger partial charge < -0.3 is 5.32 Å². The second kappa shape index (κ2) is 9.44. The zero-order valence-electron chi connectivity index (χ0n) is 26.6. The Kier molecular flexibility index (Phi) is 7.09. The molecule has 0 radical (unpaired) electrons. The number of carbonyl (C=O) groups is 3. The van der Waals surface area contributed by atoms with Crippen LogP contribution in [0.4, 0.5) is 0 Å². The summed E-state index contributed by atoms with van der Waals surface area (Å²) < 4.78 is 0. The van der Waals surface area contributed by atoms with Crippen molar-refractivity contribution in [3.05, 3.63) is 29.2 Å². The van der Waals surface area contributed by atoms with E-state index in [0.717, 1.165) is 63.4 Å². The Bertz CT molecular complexity index is 1300. The van der Waals surface area contributed by atoms with Gasteiger partial charge in [-0.25, -0.2) is 0 Å². The number of Topliss-reactive ketones (excluding diaryl/α,β-unsaturated/α-hetero) is 1. The number of fused-ring (bicyclic) bond motifs is 7. The van der Waals surface area contributed by atoms with Crippen molar-refractivity contribution in [1.82, 2.24) is 5.32 Å². The predicted molar refractivity (Wildman–Crippen MR) is 154 cm³/mol. The fourth-order valence-corrected chi connectivity index (χ4v) is 10.4. The monoisotopic (exact) mass is 550 g/mol. The summed E-state index contributed by atoms with van der Waals surface area (Å²) >= 11 is 0. The van der Waals surface area contributed by atoms with E-state index in [0.29, 0.717) is 6.54 Å². The van der Waals surface area contributed by atoms with Crippen molar-refractivity contribution in [3.63, 3.8) is 0 Å². The van der Waals surface area contributed by atoms with E-state index < -0.39 is 10.8 Å². The number of hydrogen-bond acceptors (Lipinski definition) is 4. The molecule has 1 amide bonds. The second-order valence-electron chi connectivity index (χ2n) is 16.4. The Hall–Kier alpha value is -1.62. The molecule has 0 heterocycles. The van der Waals surface area contributed by atoms with Gasteiger partial charge in [0.25, 0.3) is 0 Å². The van der Waals surface area contributed by atoms with E-state index >= 15 is 0 Å². The van der Waals surface area contributed by atoms with Gasteiger partial charge in [0.1, 0.15) is 11.9 Å². The Morgan fingerprint density at radius 3 is 2.29 bits per heavy atom. The minimum atomic E-state index is -0.652. The first-order chi connectivity index (χ1) is 18.5. The normalized spacial score (nSPS) is 42.6. The van der Waals surface area contributed by atoms with Crippen molar-refractivity contribution >= 4 is 17.5 Å². The van der Waals surface area contributed by atoms with E-state index in [2.05, 4.69) is 46.0 Å². The molecule has 0 aromatic rings.